The van der Waals surface area contributed by atoms with Gasteiger partial charge in [0.1, 0.15) is 0 Å². The first-order valence-corrected chi connectivity index (χ1v) is 8.53. The molecule has 0 radical (unpaired) electrons. The third-order valence-electron chi connectivity index (χ3n) is 5.50. The van der Waals surface area contributed by atoms with Gasteiger partial charge in [-0.3, -0.25) is 15.0 Å². The summed E-state index contributed by atoms with van der Waals surface area (Å²) in [6, 6.07) is 3.90. The number of nitro groups is 1. The Morgan fingerprint density at radius 1 is 1.13 bits per heavy atom. The van der Waals surface area contributed by atoms with Gasteiger partial charge < -0.3 is 9.47 Å². The van der Waals surface area contributed by atoms with E-state index in [1.807, 2.05) is 0 Å². The third kappa shape index (κ3) is 2.76. The molecule has 0 amide bonds. The molecule has 0 N–H and O–H groups in total. The largest absolute Gasteiger partial charge is 0.454 e. The molecule has 6 heteroatoms. The standard InChI is InChI=1S/C17H22N2O4/c20-19(21)15-9-17-16(22-11-23-17)8-13(15)10-18-7-3-5-12-4-1-2-6-14(12)18/h8-9,12,14H,1-7,10-11H2/t12-,14+/m0/s1. The Labute approximate surface area is 135 Å². The predicted octanol–water partition coefficient (Wildman–Crippen LogP) is 3.48. The lowest BCUT2D eigenvalue weighted by Gasteiger charge is -2.44. The molecule has 4 rings (SSSR count). The van der Waals surface area contributed by atoms with Crippen molar-refractivity contribution in [1.29, 1.82) is 0 Å². The second kappa shape index (κ2) is 6.00. The summed E-state index contributed by atoms with van der Waals surface area (Å²) in [7, 11) is 0. The lowest BCUT2D eigenvalue weighted by atomic mass is 9.78. The number of hydrogen-bond donors (Lipinski definition) is 0. The van der Waals surface area contributed by atoms with Gasteiger partial charge in [-0.1, -0.05) is 12.8 Å². The van der Waals surface area contributed by atoms with E-state index in [1.54, 1.807) is 6.07 Å². The van der Waals surface area contributed by atoms with Crippen molar-refractivity contribution >= 4 is 5.69 Å². The normalized spacial score (nSPS) is 26.8. The van der Waals surface area contributed by atoms with E-state index in [9.17, 15) is 10.1 Å². The Morgan fingerprint density at radius 3 is 2.70 bits per heavy atom. The molecule has 2 atom stereocenters. The number of piperidine rings is 1. The zero-order valence-electron chi connectivity index (χ0n) is 13.2. The van der Waals surface area contributed by atoms with Gasteiger partial charge in [-0.25, -0.2) is 0 Å². The molecule has 0 bridgehead atoms. The fourth-order valence-corrected chi connectivity index (χ4v) is 4.41. The molecule has 0 unspecified atom stereocenters. The summed E-state index contributed by atoms with van der Waals surface area (Å²) in [5, 5.41) is 11.4. The van der Waals surface area contributed by atoms with Gasteiger partial charge in [0, 0.05) is 18.2 Å². The van der Waals surface area contributed by atoms with Crippen LogP contribution in [-0.4, -0.2) is 29.2 Å². The van der Waals surface area contributed by atoms with Crippen molar-refractivity contribution in [2.24, 2.45) is 5.92 Å². The highest BCUT2D eigenvalue weighted by Crippen LogP contribution is 2.40. The molecule has 3 aliphatic rings. The van der Waals surface area contributed by atoms with Crippen LogP contribution in [-0.2, 0) is 6.54 Å². The van der Waals surface area contributed by atoms with Crippen LogP contribution in [0.4, 0.5) is 5.69 Å². The number of rotatable bonds is 3. The number of likely N-dealkylation sites (tertiary alicyclic amines) is 1. The quantitative estimate of drug-likeness (QED) is 0.630. The van der Waals surface area contributed by atoms with Gasteiger partial charge in [-0.15, -0.1) is 0 Å². The lowest BCUT2D eigenvalue weighted by Crippen LogP contribution is -2.46. The Morgan fingerprint density at radius 2 is 1.87 bits per heavy atom. The van der Waals surface area contributed by atoms with Crippen LogP contribution < -0.4 is 9.47 Å². The number of hydrogen-bond acceptors (Lipinski definition) is 5. The smallest absolute Gasteiger partial charge is 0.277 e. The Balaban J connectivity index is 1.61. The fraction of sp³-hybridized carbons (Fsp3) is 0.647. The first kappa shape index (κ1) is 14.8. The van der Waals surface area contributed by atoms with E-state index < -0.39 is 0 Å². The van der Waals surface area contributed by atoms with Crippen LogP contribution in [0.15, 0.2) is 12.1 Å². The summed E-state index contributed by atoms with van der Waals surface area (Å²) in [5.74, 6) is 1.88. The lowest BCUT2D eigenvalue weighted by molar-refractivity contribution is -0.385. The monoisotopic (exact) mass is 318 g/mol. The van der Waals surface area contributed by atoms with Gasteiger partial charge >= 0.3 is 0 Å². The van der Waals surface area contributed by atoms with Crippen molar-refractivity contribution in [2.75, 3.05) is 13.3 Å². The van der Waals surface area contributed by atoms with Crippen LogP contribution in [0.25, 0.3) is 0 Å². The number of fused-ring (bicyclic) bond motifs is 2. The van der Waals surface area contributed by atoms with Crippen molar-refractivity contribution in [3.8, 4) is 11.5 Å². The summed E-state index contributed by atoms with van der Waals surface area (Å²) < 4.78 is 10.7. The van der Waals surface area contributed by atoms with Crippen LogP contribution in [0, 0.1) is 16.0 Å². The fourth-order valence-electron chi connectivity index (χ4n) is 4.41. The molecule has 0 aromatic heterocycles. The molecule has 23 heavy (non-hydrogen) atoms. The van der Waals surface area contributed by atoms with Crippen molar-refractivity contribution in [3.63, 3.8) is 0 Å². The van der Waals surface area contributed by atoms with Gasteiger partial charge in [0.05, 0.1) is 11.0 Å². The molecule has 0 spiro atoms. The minimum absolute atomic E-state index is 0.143. The molecule has 124 valence electrons. The van der Waals surface area contributed by atoms with E-state index in [2.05, 4.69) is 4.90 Å². The number of ether oxygens (including phenoxy) is 2. The van der Waals surface area contributed by atoms with E-state index in [0.29, 0.717) is 24.1 Å². The summed E-state index contributed by atoms with van der Waals surface area (Å²) in [6.45, 7) is 1.81. The van der Waals surface area contributed by atoms with Gasteiger partial charge in [-0.05, 0) is 44.2 Å². The highest BCUT2D eigenvalue weighted by atomic mass is 16.7. The molecule has 1 aromatic rings. The summed E-state index contributed by atoms with van der Waals surface area (Å²) in [6.07, 6.45) is 7.65. The minimum atomic E-state index is -0.306. The van der Waals surface area contributed by atoms with Gasteiger partial charge in [0.25, 0.3) is 5.69 Å². The van der Waals surface area contributed by atoms with E-state index in [0.717, 1.165) is 18.0 Å². The van der Waals surface area contributed by atoms with E-state index in [1.165, 1.54) is 44.6 Å². The van der Waals surface area contributed by atoms with Crippen LogP contribution in [0.1, 0.15) is 44.1 Å². The predicted molar refractivity (Wildman–Crippen MR) is 84.6 cm³/mol. The molecule has 1 saturated carbocycles. The maximum absolute atomic E-state index is 11.4. The maximum Gasteiger partial charge on any atom is 0.277 e. The van der Waals surface area contributed by atoms with Gasteiger partial charge in [0.2, 0.25) is 6.79 Å². The number of benzene rings is 1. The summed E-state index contributed by atoms with van der Waals surface area (Å²) in [5.41, 5.74) is 0.887. The maximum atomic E-state index is 11.4. The van der Waals surface area contributed by atoms with Crippen molar-refractivity contribution in [3.05, 3.63) is 27.8 Å². The Hall–Kier alpha value is -1.82. The molecular weight excluding hydrogens is 296 g/mol. The average Bonchev–Trinajstić information content (AvgIpc) is 3.01. The summed E-state index contributed by atoms with van der Waals surface area (Å²) >= 11 is 0. The Kier molecular flexibility index (Phi) is 3.85. The van der Waals surface area contributed by atoms with Crippen LogP contribution >= 0.6 is 0 Å². The van der Waals surface area contributed by atoms with E-state index >= 15 is 0 Å². The van der Waals surface area contributed by atoms with Crippen LogP contribution in [0.5, 0.6) is 11.5 Å². The van der Waals surface area contributed by atoms with Crippen LogP contribution in [0.2, 0.25) is 0 Å². The molecule has 1 aromatic carbocycles. The zero-order valence-corrected chi connectivity index (χ0v) is 13.2. The topological polar surface area (TPSA) is 64.8 Å². The number of nitrogens with zero attached hydrogens (tertiary/aromatic N) is 2. The molecular formula is C17H22N2O4. The molecule has 1 saturated heterocycles. The highest BCUT2D eigenvalue weighted by Gasteiger charge is 2.34. The van der Waals surface area contributed by atoms with Gasteiger partial charge in [0.15, 0.2) is 11.5 Å². The first-order valence-electron chi connectivity index (χ1n) is 8.53. The molecule has 2 aliphatic heterocycles. The second-order valence-electron chi connectivity index (χ2n) is 6.82. The van der Waals surface area contributed by atoms with Crippen LogP contribution in [0.3, 0.4) is 0 Å². The number of nitro benzene ring substituents is 1. The first-order chi connectivity index (χ1) is 11.2. The van der Waals surface area contributed by atoms with E-state index in [-0.39, 0.29) is 17.4 Å². The molecule has 2 fully saturated rings. The zero-order chi connectivity index (χ0) is 15.8. The minimum Gasteiger partial charge on any atom is -0.454 e. The molecule has 2 heterocycles. The highest BCUT2D eigenvalue weighted by molar-refractivity contribution is 5.55. The molecule has 1 aliphatic carbocycles. The van der Waals surface area contributed by atoms with Crippen molar-refractivity contribution in [2.45, 2.75) is 51.1 Å². The molecule has 6 nitrogen and oxygen atoms in total. The van der Waals surface area contributed by atoms with Crippen molar-refractivity contribution in [1.82, 2.24) is 4.90 Å². The second-order valence-corrected chi connectivity index (χ2v) is 6.82. The van der Waals surface area contributed by atoms with Crippen molar-refractivity contribution < 1.29 is 14.4 Å². The SMILES string of the molecule is O=[N+]([O-])c1cc2c(cc1CN1CCC[C@@H]3CCCC[C@H]31)OCO2. The van der Waals surface area contributed by atoms with Gasteiger partial charge in [-0.2, -0.15) is 0 Å². The summed E-state index contributed by atoms with van der Waals surface area (Å²) in [4.78, 5) is 13.6. The van der Waals surface area contributed by atoms with E-state index in [4.69, 9.17) is 9.47 Å². The average molecular weight is 318 g/mol. The Bertz CT molecular complexity index is 617. The third-order valence-corrected chi connectivity index (χ3v) is 5.50.